The molecule has 94 valence electrons. The fourth-order valence-electron chi connectivity index (χ4n) is 1.34. The minimum Gasteiger partial charge on any atom is -0.288 e. The van der Waals surface area contributed by atoms with Crippen LogP contribution in [0.15, 0.2) is 36.5 Å². The quantitative estimate of drug-likeness (QED) is 0.762. The normalized spacial score (nSPS) is 9.71. The van der Waals surface area contributed by atoms with Gasteiger partial charge in [-0.2, -0.15) is 0 Å². The molecule has 1 aromatic carbocycles. The summed E-state index contributed by atoms with van der Waals surface area (Å²) in [5.74, 6) is 0.108. The highest BCUT2D eigenvalue weighted by molar-refractivity contribution is 5.94. The molecule has 0 aliphatic rings. The van der Waals surface area contributed by atoms with E-state index in [1.165, 1.54) is 5.56 Å². The standard InChI is InChI=1S/C13H17NO.C2H6/c1-4-10-14(13(15)5-2)12-8-6-11(3)7-9-12;1-2/h4,6-10H,5H2,1-3H3;1-2H3/b10-4-;. The first-order valence-electron chi connectivity index (χ1n) is 6.20. The summed E-state index contributed by atoms with van der Waals surface area (Å²) in [6.07, 6.45) is 4.18. The summed E-state index contributed by atoms with van der Waals surface area (Å²) in [6, 6.07) is 7.94. The van der Waals surface area contributed by atoms with Crippen LogP contribution in [0.25, 0.3) is 0 Å². The summed E-state index contributed by atoms with van der Waals surface area (Å²) in [6.45, 7) is 9.81. The number of nitrogens with zero attached hydrogens (tertiary/aromatic N) is 1. The van der Waals surface area contributed by atoms with Crippen molar-refractivity contribution < 1.29 is 4.79 Å². The van der Waals surface area contributed by atoms with E-state index in [0.29, 0.717) is 6.42 Å². The Kier molecular flexibility index (Phi) is 7.78. The maximum absolute atomic E-state index is 11.7. The van der Waals surface area contributed by atoms with Crippen molar-refractivity contribution >= 4 is 11.6 Å². The largest absolute Gasteiger partial charge is 0.288 e. The predicted molar refractivity (Wildman–Crippen MR) is 75.1 cm³/mol. The Morgan fingerprint density at radius 2 is 1.76 bits per heavy atom. The first-order valence-corrected chi connectivity index (χ1v) is 6.20. The third-order valence-corrected chi connectivity index (χ3v) is 2.18. The number of carbonyl (C=O) groups excluding carboxylic acids is 1. The summed E-state index contributed by atoms with van der Waals surface area (Å²) >= 11 is 0. The van der Waals surface area contributed by atoms with Crippen LogP contribution in [0.4, 0.5) is 5.69 Å². The number of hydrogen-bond acceptors (Lipinski definition) is 1. The van der Waals surface area contributed by atoms with Gasteiger partial charge in [-0.1, -0.05) is 44.5 Å². The van der Waals surface area contributed by atoms with E-state index in [4.69, 9.17) is 0 Å². The van der Waals surface area contributed by atoms with Gasteiger partial charge in [-0.15, -0.1) is 0 Å². The molecule has 0 fully saturated rings. The molecule has 0 unspecified atom stereocenters. The first-order chi connectivity index (χ1) is 8.19. The third-order valence-electron chi connectivity index (χ3n) is 2.18. The average Bonchev–Trinajstić information content (AvgIpc) is 2.39. The van der Waals surface area contributed by atoms with Crippen LogP contribution in [0.5, 0.6) is 0 Å². The molecule has 0 bridgehead atoms. The lowest BCUT2D eigenvalue weighted by atomic mass is 10.2. The lowest BCUT2D eigenvalue weighted by Gasteiger charge is -2.17. The molecule has 0 aliphatic heterocycles. The van der Waals surface area contributed by atoms with Crippen molar-refractivity contribution in [1.29, 1.82) is 0 Å². The van der Waals surface area contributed by atoms with E-state index in [2.05, 4.69) is 0 Å². The topological polar surface area (TPSA) is 20.3 Å². The molecule has 1 aromatic rings. The summed E-state index contributed by atoms with van der Waals surface area (Å²) < 4.78 is 0. The van der Waals surface area contributed by atoms with Gasteiger partial charge in [0.05, 0.1) is 0 Å². The number of anilines is 1. The van der Waals surface area contributed by atoms with Gasteiger partial charge in [-0.25, -0.2) is 0 Å². The SMILES string of the molecule is C/C=C\N(C(=O)CC)c1ccc(C)cc1.CC. The number of hydrogen-bond donors (Lipinski definition) is 0. The van der Waals surface area contributed by atoms with E-state index >= 15 is 0 Å². The van der Waals surface area contributed by atoms with Crippen molar-refractivity contribution in [2.75, 3.05) is 4.90 Å². The van der Waals surface area contributed by atoms with Gasteiger partial charge in [0.1, 0.15) is 0 Å². The molecule has 17 heavy (non-hydrogen) atoms. The molecule has 0 aliphatic carbocycles. The molecule has 0 saturated heterocycles. The highest BCUT2D eigenvalue weighted by atomic mass is 16.2. The van der Waals surface area contributed by atoms with Crippen LogP contribution in [0.3, 0.4) is 0 Å². The van der Waals surface area contributed by atoms with Crippen LogP contribution in [-0.4, -0.2) is 5.91 Å². The summed E-state index contributed by atoms with van der Waals surface area (Å²) in [4.78, 5) is 13.3. The third kappa shape index (κ3) is 4.85. The molecular formula is C15H23NO. The fraction of sp³-hybridized carbons (Fsp3) is 0.400. The summed E-state index contributed by atoms with van der Waals surface area (Å²) in [5, 5.41) is 0. The van der Waals surface area contributed by atoms with Crippen molar-refractivity contribution in [3.8, 4) is 0 Å². The number of amides is 1. The molecule has 0 atom stereocenters. The van der Waals surface area contributed by atoms with Gasteiger partial charge in [-0.05, 0) is 26.0 Å². The van der Waals surface area contributed by atoms with Gasteiger partial charge in [-0.3, -0.25) is 9.69 Å². The van der Waals surface area contributed by atoms with Crippen molar-refractivity contribution in [3.05, 3.63) is 42.1 Å². The highest BCUT2D eigenvalue weighted by Crippen LogP contribution is 2.16. The summed E-state index contributed by atoms with van der Waals surface area (Å²) in [7, 11) is 0. The fourth-order valence-corrected chi connectivity index (χ4v) is 1.34. The molecule has 0 radical (unpaired) electrons. The van der Waals surface area contributed by atoms with E-state index in [-0.39, 0.29) is 5.91 Å². The van der Waals surface area contributed by atoms with Gasteiger partial charge in [0.25, 0.3) is 0 Å². The number of aryl methyl sites for hydroxylation is 1. The average molecular weight is 233 g/mol. The van der Waals surface area contributed by atoms with Gasteiger partial charge in [0.15, 0.2) is 0 Å². The highest BCUT2D eigenvalue weighted by Gasteiger charge is 2.09. The second-order valence-corrected chi connectivity index (χ2v) is 3.44. The molecule has 2 heteroatoms. The van der Waals surface area contributed by atoms with E-state index in [1.807, 2.05) is 65.0 Å². The zero-order chi connectivity index (χ0) is 13.3. The Morgan fingerprint density at radius 1 is 1.24 bits per heavy atom. The maximum atomic E-state index is 11.7. The zero-order valence-electron chi connectivity index (χ0n) is 11.5. The smallest absolute Gasteiger partial charge is 0.230 e. The molecule has 2 nitrogen and oxygen atoms in total. The van der Waals surface area contributed by atoms with Crippen LogP contribution in [-0.2, 0) is 4.79 Å². The van der Waals surface area contributed by atoms with Crippen molar-refractivity contribution in [3.63, 3.8) is 0 Å². The van der Waals surface area contributed by atoms with E-state index in [1.54, 1.807) is 11.1 Å². The molecule has 0 N–H and O–H groups in total. The Morgan fingerprint density at radius 3 is 2.18 bits per heavy atom. The Labute approximate surface area is 105 Å². The molecule has 0 spiro atoms. The zero-order valence-corrected chi connectivity index (χ0v) is 11.5. The van der Waals surface area contributed by atoms with Crippen LogP contribution in [0, 0.1) is 6.92 Å². The lowest BCUT2D eigenvalue weighted by molar-refractivity contribution is -0.117. The van der Waals surface area contributed by atoms with Gasteiger partial charge < -0.3 is 0 Å². The van der Waals surface area contributed by atoms with Crippen molar-refractivity contribution in [1.82, 2.24) is 0 Å². The molecule has 0 saturated carbocycles. The second kappa shape index (κ2) is 8.57. The monoisotopic (exact) mass is 233 g/mol. The first kappa shape index (κ1) is 15.4. The number of rotatable bonds is 3. The molecule has 1 rings (SSSR count). The predicted octanol–water partition coefficient (Wildman–Crippen LogP) is 4.30. The molecule has 1 amide bonds. The molecule has 0 heterocycles. The molecular weight excluding hydrogens is 210 g/mol. The van der Waals surface area contributed by atoms with Gasteiger partial charge in [0.2, 0.25) is 5.91 Å². The Bertz CT molecular complexity index is 352. The number of allylic oxidation sites excluding steroid dienone is 1. The van der Waals surface area contributed by atoms with Crippen molar-refractivity contribution in [2.45, 2.75) is 41.0 Å². The van der Waals surface area contributed by atoms with Crippen LogP contribution in [0.1, 0.15) is 39.7 Å². The number of carbonyl (C=O) groups is 1. The van der Waals surface area contributed by atoms with Gasteiger partial charge in [0, 0.05) is 18.3 Å². The minimum absolute atomic E-state index is 0.108. The van der Waals surface area contributed by atoms with Crippen LogP contribution in [0.2, 0.25) is 0 Å². The van der Waals surface area contributed by atoms with E-state index in [0.717, 1.165) is 5.69 Å². The Hall–Kier alpha value is -1.57. The lowest BCUT2D eigenvalue weighted by Crippen LogP contribution is -2.23. The number of benzene rings is 1. The second-order valence-electron chi connectivity index (χ2n) is 3.44. The molecule has 0 aromatic heterocycles. The Balaban J connectivity index is 0.00000121. The maximum Gasteiger partial charge on any atom is 0.230 e. The summed E-state index contributed by atoms with van der Waals surface area (Å²) in [5.41, 5.74) is 2.12. The van der Waals surface area contributed by atoms with Gasteiger partial charge >= 0.3 is 0 Å². The van der Waals surface area contributed by atoms with Crippen LogP contribution >= 0.6 is 0 Å². The van der Waals surface area contributed by atoms with E-state index < -0.39 is 0 Å². The van der Waals surface area contributed by atoms with Crippen molar-refractivity contribution in [2.24, 2.45) is 0 Å². The van der Waals surface area contributed by atoms with E-state index in [9.17, 15) is 4.79 Å². The van der Waals surface area contributed by atoms with Crippen LogP contribution < -0.4 is 4.90 Å². The minimum atomic E-state index is 0.108.